The fourth-order valence-corrected chi connectivity index (χ4v) is 4.71. The Balaban J connectivity index is 1.98. The van der Waals surface area contributed by atoms with Crippen LogP contribution in [0, 0.1) is 6.92 Å². The van der Waals surface area contributed by atoms with Crippen molar-refractivity contribution in [3.8, 4) is 0 Å². The number of carbonyl (C=O) groups is 1. The van der Waals surface area contributed by atoms with Crippen LogP contribution in [0.25, 0.3) is 21.9 Å². The Labute approximate surface area is 180 Å². The van der Waals surface area contributed by atoms with Gasteiger partial charge in [-0.2, -0.15) is 0 Å². The first-order chi connectivity index (χ1) is 14.8. The van der Waals surface area contributed by atoms with E-state index in [0.29, 0.717) is 23.1 Å². The van der Waals surface area contributed by atoms with Gasteiger partial charge in [0.1, 0.15) is 0 Å². The number of aromatic nitrogens is 3. The number of nitrogens with two attached hydrogens (primary N) is 1. The highest BCUT2D eigenvalue weighted by atomic mass is 16.4. The number of hydrogen-bond acceptors (Lipinski definition) is 3. The zero-order valence-electron chi connectivity index (χ0n) is 18.1. The summed E-state index contributed by atoms with van der Waals surface area (Å²) in [6.07, 6.45) is 3.24. The highest BCUT2D eigenvalue weighted by Crippen LogP contribution is 2.32. The number of carboxylic acids is 1. The molecule has 31 heavy (non-hydrogen) atoms. The standard InChI is InChI=1S/C24H28N4O3/c1-4-6-17(12-22(29)30)28-20-10-9-16(25)11-21(20)27(24(28)31)15(3)18-13-26-19-8-5-7-14(2)23(18)19/h5,7-11,13,15,17,26H,4,6,12,25H2,1-3H3,(H,29,30). The average molecular weight is 421 g/mol. The SMILES string of the molecule is CCCC(CC(=O)O)n1c(=O)n(C(C)c2c[nH]c3cccc(C)c23)c2cc(N)ccc21. The van der Waals surface area contributed by atoms with Gasteiger partial charge in [-0.3, -0.25) is 13.9 Å². The highest BCUT2D eigenvalue weighted by Gasteiger charge is 2.26. The van der Waals surface area contributed by atoms with Gasteiger partial charge in [0.25, 0.3) is 0 Å². The molecule has 0 fully saturated rings. The number of carboxylic acid groups (broad SMARTS) is 1. The van der Waals surface area contributed by atoms with E-state index in [2.05, 4.69) is 18.0 Å². The summed E-state index contributed by atoms with van der Waals surface area (Å²) in [6.45, 7) is 6.05. The van der Waals surface area contributed by atoms with Crippen molar-refractivity contribution in [3.63, 3.8) is 0 Å². The van der Waals surface area contributed by atoms with Gasteiger partial charge in [-0.15, -0.1) is 0 Å². The molecular formula is C24H28N4O3. The van der Waals surface area contributed by atoms with E-state index in [-0.39, 0.29) is 18.2 Å². The highest BCUT2D eigenvalue weighted by molar-refractivity contribution is 5.87. The number of rotatable bonds is 7. The third kappa shape index (κ3) is 3.50. The van der Waals surface area contributed by atoms with Crippen LogP contribution in [0.5, 0.6) is 0 Å². The number of aromatic amines is 1. The van der Waals surface area contributed by atoms with Gasteiger partial charge >= 0.3 is 11.7 Å². The number of benzene rings is 2. The van der Waals surface area contributed by atoms with Crippen molar-refractivity contribution in [2.45, 2.75) is 52.1 Å². The van der Waals surface area contributed by atoms with Gasteiger partial charge in [-0.05, 0) is 50.1 Å². The summed E-state index contributed by atoms with van der Waals surface area (Å²) in [5.74, 6) is -0.915. The van der Waals surface area contributed by atoms with Crippen molar-refractivity contribution in [3.05, 3.63) is 64.2 Å². The van der Waals surface area contributed by atoms with E-state index in [4.69, 9.17) is 5.73 Å². The number of nitrogens with zero attached hydrogens (tertiary/aromatic N) is 2. The lowest BCUT2D eigenvalue weighted by Crippen LogP contribution is -2.30. The molecule has 0 aliphatic carbocycles. The zero-order chi connectivity index (χ0) is 22.3. The molecule has 2 heterocycles. The molecule has 162 valence electrons. The van der Waals surface area contributed by atoms with Crippen molar-refractivity contribution < 1.29 is 9.90 Å². The average Bonchev–Trinajstić information content (AvgIpc) is 3.26. The number of nitrogen functional groups attached to an aromatic ring is 1. The molecule has 0 radical (unpaired) electrons. The molecule has 0 bridgehead atoms. The number of aliphatic carboxylic acids is 1. The number of nitrogens with one attached hydrogen (secondary N) is 1. The second-order valence-corrected chi connectivity index (χ2v) is 8.23. The molecule has 0 saturated carbocycles. The van der Waals surface area contributed by atoms with Crippen LogP contribution in [0.15, 0.2) is 47.4 Å². The number of fused-ring (bicyclic) bond motifs is 2. The van der Waals surface area contributed by atoms with Crippen molar-refractivity contribution >= 4 is 33.6 Å². The van der Waals surface area contributed by atoms with Crippen LogP contribution >= 0.6 is 0 Å². The van der Waals surface area contributed by atoms with Crippen LogP contribution in [0.4, 0.5) is 5.69 Å². The molecule has 0 spiro atoms. The second-order valence-electron chi connectivity index (χ2n) is 8.23. The van der Waals surface area contributed by atoms with Gasteiger partial charge in [0.2, 0.25) is 0 Å². The van der Waals surface area contributed by atoms with Crippen LogP contribution in [-0.4, -0.2) is 25.2 Å². The smallest absolute Gasteiger partial charge is 0.329 e. The van der Waals surface area contributed by atoms with Crippen LogP contribution in [0.3, 0.4) is 0 Å². The Bertz CT molecular complexity index is 1330. The Morgan fingerprint density at radius 1 is 1.19 bits per heavy atom. The molecule has 7 heteroatoms. The predicted molar refractivity (Wildman–Crippen MR) is 124 cm³/mol. The molecule has 2 aromatic heterocycles. The summed E-state index contributed by atoms with van der Waals surface area (Å²) in [5.41, 5.74) is 11.0. The van der Waals surface area contributed by atoms with Crippen molar-refractivity contribution in [1.82, 2.24) is 14.1 Å². The van der Waals surface area contributed by atoms with Crippen LogP contribution in [0.1, 0.15) is 56.3 Å². The Morgan fingerprint density at radius 2 is 1.97 bits per heavy atom. The maximum Gasteiger partial charge on any atom is 0.329 e. The third-order valence-corrected chi connectivity index (χ3v) is 6.11. The van der Waals surface area contributed by atoms with Crippen LogP contribution in [0.2, 0.25) is 0 Å². The minimum absolute atomic E-state index is 0.0994. The topological polar surface area (TPSA) is 106 Å². The molecule has 2 aromatic carbocycles. The van der Waals surface area contributed by atoms with E-state index in [1.807, 2.05) is 38.2 Å². The molecule has 0 saturated heterocycles. The fraction of sp³-hybridized carbons (Fsp3) is 0.333. The van der Waals surface area contributed by atoms with Crippen molar-refractivity contribution in [1.29, 1.82) is 0 Å². The molecule has 2 unspecified atom stereocenters. The van der Waals surface area contributed by atoms with E-state index in [1.54, 1.807) is 21.3 Å². The first-order valence-electron chi connectivity index (χ1n) is 10.6. The van der Waals surface area contributed by atoms with E-state index in [9.17, 15) is 14.7 Å². The monoisotopic (exact) mass is 420 g/mol. The van der Waals surface area contributed by atoms with Crippen molar-refractivity contribution in [2.24, 2.45) is 0 Å². The Kier molecular flexibility index (Phi) is 5.35. The maximum absolute atomic E-state index is 13.7. The summed E-state index contributed by atoms with van der Waals surface area (Å²) in [5, 5.41) is 10.5. The Hall–Kier alpha value is -3.48. The van der Waals surface area contributed by atoms with E-state index < -0.39 is 12.0 Å². The van der Waals surface area contributed by atoms with E-state index >= 15 is 0 Å². The number of aryl methyl sites for hydroxylation is 1. The van der Waals surface area contributed by atoms with Gasteiger partial charge in [0, 0.05) is 34.4 Å². The number of H-pyrrole nitrogens is 1. The largest absolute Gasteiger partial charge is 0.481 e. The van der Waals surface area contributed by atoms with Crippen LogP contribution in [-0.2, 0) is 4.79 Å². The van der Waals surface area contributed by atoms with Crippen LogP contribution < -0.4 is 11.4 Å². The normalized spacial score (nSPS) is 13.6. The predicted octanol–water partition coefficient (Wildman–Crippen LogP) is 4.60. The van der Waals surface area contributed by atoms with E-state index in [1.165, 1.54) is 0 Å². The molecule has 4 N–H and O–H groups in total. The summed E-state index contributed by atoms with van der Waals surface area (Å²) < 4.78 is 3.38. The number of anilines is 1. The minimum atomic E-state index is -0.915. The fourth-order valence-electron chi connectivity index (χ4n) is 4.71. The number of imidazole rings is 1. The first kappa shape index (κ1) is 20.8. The summed E-state index contributed by atoms with van der Waals surface area (Å²) >= 11 is 0. The molecule has 4 rings (SSSR count). The molecule has 0 aliphatic heterocycles. The Morgan fingerprint density at radius 3 is 2.68 bits per heavy atom. The summed E-state index contributed by atoms with van der Waals surface area (Å²) in [4.78, 5) is 28.6. The van der Waals surface area contributed by atoms with Crippen molar-refractivity contribution in [2.75, 3.05) is 5.73 Å². The molecule has 4 aromatic rings. The summed E-state index contributed by atoms with van der Waals surface area (Å²) in [6, 6.07) is 10.8. The van der Waals surface area contributed by atoms with E-state index in [0.717, 1.165) is 28.5 Å². The molecule has 0 aliphatic rings. The maximum atomic E-state index is 13.7. The third-order valence-electron chi connectivity index (χ3n) is 6.11. The van der Waals surface area contributed by atoms with Gasteiger partial charge in [0.05, 0.1) is 23.5 Å². The second kappa shape index (κ2) is 7.98. The first-order valence-corrected chi connectivity index (χ1v) is 10.6. The molecule has 0 amide bonds. The lowest BCUT2D eigenvalue weighted by Gasteiger charge is -2.17. The van der Waals surface area contributed by atoms with Gasteiger partial charge in [0.15, 0.2) is 0 Å². The lowest BCUT2D eigenvalue weighted by molar-refractivity contribution is -0.137. The quantitative estimate of drug-likeness (QED) is 0.380. The van der Waals surface area contributed by atoms with Gasteiger partial charge in [-0.25, -0.2) is 4.79 Å². The van der Waals surface area contributed by atoms with Gasteiger partial charge < -0.3 is 15.8 Å². The molecular weight excluding hydrogens is 392 g/mol. The minimum Gasteiger partial charge on any atom is -0.481 e. The summed E-state index contributed by atoms with van der Waals surface area (Å²) in [7, 11) is 0. The molecule has 7 nitrogen and oxygen atoms in total. The molecule has 2 atom stereocenters. The zero-order valence-corrected chi connectivity index (χ0v) is 18.1. The number of hydrogen-bond donors (Lipinski definition) is 3. The van der Waals surface area contributed by atoms with Gasteiger partial charge in [-0.1, -0.05) is 25.5 Å². The lowest BCUT2D eigenvalue weighted by atomic mass is 10.0.